The number of anilines is 1. The van der Waals surface area contributed by atoms with Crippen molar-refractivity contribution in [1.82, 2.24) is 10.2 Å². The molecule has 0 amide bonds. The number of sulfone groups is 1. The minimum absolute atomic E-state index is 0.0313. The Bertz CT molecular complexity index is 709. The summed E-state index contributed by atoms with van der Waals surface area (Å²) in [6, 6.07) is 7.43. The molecular weight excluding hydrogens is 306 g/mol. The molecule has 1 aromatic carbocycles. The van der Waals surface area contributed by atoms with Crippen LogP contribution in [0.5, 0.6) is 0 Å². The fourth-order valence-electron chi connectivity index (χ4n) is 1.84. The molecule has 0 aliphatic carbocycles. The monoisotopic (exact) mass is 325 g/mol. The lowest BCUT2D eigenvalue weighted by Gasteiger charge is -2.10. The van der Waals surface area contributed by atoms with E-state index in [1.807, 2.05) is 24.3 Å². The lowest BCUT2D eigenvalue weighted by molar-refractivity contribution is 0.601. The van der Waals surface area contributed by atoms with Crippen LogP contribution in [-0.2, 0) is 22.1 Å². The van der Waals surface area contributed by atoms with Crippen LogP contribution in [0.1, 0.15) is 35.3 Å². The molecule has 0 unspecified atom stereocenters. The van der Waals surface area contributed by atoms with Crippen LogP contribution in [0.2, 0.25) is 0 Å². The van der Waals surface area contributed by atoms with Gasteiger partial charge >= 0.3 is 0 Å². The molecule has 0 saturated carbocycles. The van der Waals surface area contributed by atoms with Crippen LogP contribution in [0.3, 0.4) is 0 Å². The van der Waals surface area contributed by atoms with Gasteiger partial charge in [-0.25, -0.2) is 8.42 Å². The normalized spacial score (nSPS) is 11.8. The first kappa shape index (κ1) is 15.9. The van der Waals surface area contributed by atoms with Gasteiger partial charge < -0.3 is 5.32 Å². The van der Waals surface area contributed by atoms with Gasteiger partial charge in [0.15, 0.2) is 9.84 Å². The third kappa shape index (κ3) is 4.78. The molecule has 2 rings (SSSR count). The van der Waals surface area contributed by atoms with E-state index in [1.54, 1.807) is 11.3 Å². The summed E-state index contributed by atoms with van der Waals surface area (Å²) in [5.74, 6) is 0.401. The Hall–Kier alpha value is -1.47. The first-order valence-electron chi connectivity index (χ1n) is 6.67. The fourth-order valence-corrected chi connectivity index (χ4v) is 3.44. The van der Waals surface area contributed by atoms with Crippen LogP contribution in [0.15, 0.2) is 24.3 Å². The van der Waals surface area contributed by atoms with Gasteiger partial charge in [0.1, 0.15) is 10.0 Å². The SMILES string of the molecule is CC(C)c1nnc(CNc2ccccc2CS(C)(=O)=O)s1. The van der Waals surface area contributed by atoms with Crippen molar-refractivity contribution in [3.05, 3.63) is 39.8 Å². The Labute approximate surface area is 129 Å². The predicted octanol–water partition coefficient (Wildman–Crippen LogP) is 2.82. The van der Waals surface area contributed by atoms with E-state index in [0.29, 0.717) is 12.5 Å². The van der Waals surface area contributed by atoms with Gasteiger partial charge in [0.25, 0.3) is 0 Å². The molecule has 0 atom stereocenters. The highest BCUT2D eigenvalue weighted by atomic mass is 32.2. The van der Waals surface area contributed by atoms with Crippen molar-refractivity contribution in [3.8, 4) is 0 Å². The van der Waals surface area contributed by atoms with Gasteiger partial charge in [-0.05, 0) is 11.6 Å². The standard InChI is InChI=1S/C14H19N3O2S2/c1-10(2)14-17-16-13(20-14)8-15-12-7-5-4-6-11(12)9-21(3,18)19/h4-7,10,15H,8-9H2,1-3H3. The molecule has 0 aliphatic heterocycles. The van der Waals surface area contributed by atoms with E-state index in [0.717, 1.165) is 21.3 Å². The average Bonchev–Trinajstić information content (AvgIpc) is 2.85. The van der Waals surface area contributed by atoms with E-state index < -0.39 is 9.84 Å². The van der Waals surface area contributed by atoms with Gasteiger partial charge in [0.05, 0.1) is 12.3 Å². The van der Waals surface area contributed by atoms with Crippen molar-refractivity contribution >= 4 is 26.9 Å². The fraction of sp³-hybridized carbons (Fsp3) is 0.429. The third-order valence-electron chi connectivity index (χ3n) is 2.84. The summed E-state index contributed by atoms with van der Waals surface area (Å²) >= 11 is 1.58. The maximum absolute atomic E-state index is 11.5. The van der Waals surface area contributed by atoms with Gasteiger partial charge in [0.2, 0.25) is 0 Å². The molecule has 2 aromatic rings. The van der Waals surface area contributed by atoms with Crippen LogP contribution >= 0.6 is 11.3 Å². The molecule has 1 aromatic heterocycles. The van der Waals surface area contributed by atoms with E-state index >= 15 is 0 Å². The van der Waals surface area contributed by atoms with Crippen molar-refractivity contribution in [3.63, 3.8) is 0 Å². The maximum Gasteiger partial charge on any atom is 0.151 e. The molecule has 114 valence electrons. The number of rotatable bonds is 6. The Morgan fingerprint density at radius 2 is 1.95 bits per heavy atom. The molecule has 7 heteroatoms. The van der Waals surface area contributed by atoms with Gasteiger partial charge in [-0.15, -0.1) is 10.2 Å². The topological polar surface area (TPSA) is 72.0 Å². The van der Waals surface area contributed by atoms with Crippen molar-refractivity contribution in [1.29, 1.82) is 0 Å². The van der Waals surface area contributed by atoms with Crippen LogP contribution in [-0.4, -0.2) is 24.9 Å². The van der Waals surface area contributed by atoms with E-state index in [4.69, 9.17) is 0 Å². The number of aromatic nitrogens is 2. The number of hydrogen-bond donors (Lipinski definition) is 1. The first-order chi connectivity index (χ1) is 9.85. The highest BCUT2D eigenvalue weighted by molar-refractivity contribution is 7.89. The number of nitrogens with zero attached hydrogens (tertiary/aromatic N) is 2. The molecule has 21 heavy (non-hydrogen) atoms. The van der Waals surface area contributed by atoms with E-state index in [9.17, 15) is 8.42 Å². The summed E-state index contributed by atoms with van der Waals surface area (Å²) in [6.45, 7) is 4.71. The highest BCUT2D eigenvalue weighted by Gasteiger charge is 2.11. The molecule has 0 spiro atoms. The second kappa shape index (κ2) is 6.53. The molecule has 0 aliphatic rings. The van der Waals surface area contributed by atoms with Crippen LogP contribution in [0, 0.1) is 0 Å². The third-order valence-corrected chi connectivity index (χ3v) is 4.90. The number of nitrogens with one attached hydrogen (secondary N) is 1. The van der Waals surface area contributed by atoms with E-state index in [1.165, 1.54) is 6.26 Å². The number of benzene rings is 1. The second-order valence-corrected chi connectivity index (χ2v) is 8.50. The Kier molecular flexibility index (Phi) is 4.95. The highest BCUT2D eigenvalue weighted by Crippen LogP contribution is 2.22. The second-order valence-electron chi connectivity index (χ2n) is 5.27. The van der Waals surface area contributed by atoms with Gasteiger partial charge in [0, 0.05) is 17.9 Å². The molecule has 0 radical (unpaired) electrons. The van der Waals surface area contributed by atoms with E-state index in [2.05, 4.69) is 29.4 Å². The van der Waals surface area contributed by atoms with Crippen molar-refractivity contribution in [2.75, 3.05) is 11.6 Å². The summed E-state index contributed by atoms with van der Waals surface area (Å²) in [6.07, 6.45) is 1.24. The smallest absolute Gasteiger partial charge is 0.151 e. The predicted molar refractivity (Wildman–Crippen MR) is 86.3 cm³/mol. The molecule has 0 bridgehead atoms. The zero-order chi connectivity index (χ0) is 15.5. The Morgan fingerprint density at radius 3 is 2.57 bits per heavy atom. The van der Waals surface area contributed by atoms with Crippen LogP contribution < -0.4 is 5.32 Å². The molecule has 0 saturated heterocycles. The Morgan fingerprint density at radius 1 is 1.24 bits per heavy atom. The van der Waals surface area contributed by atoms with Gasteiger partial charge in [-0.1, -0.05) is 43.4 Å². The van der Waals surface area contributed by atoms with Crippen LogP contribution in [0.25, 0.3) is 0 Å². The first-order valence-corrected chi connectivity index (χ1v) is 9.54. The summed E-state index contributed by atoms with van der Waals surface area (Å²) in [5, 5.41) is 13.4. The number of para-hydroxylation sites is 1. The zero-order valence-electron chi connectivity index (χ0n) is 12.3. The number of hydrogen-bond acceptors (Lipinski definition) is 6. The van der Waals surface area contributed by atoms with Crippen molar-refractivity contribution in [2.45, 2.75) is 32.1 Å². The zero-order valence-corrected chi connectivity index (χ0v) is 14.0. The lowest BCUT2D eigenvalue weighted by atomic mass is 10.2. The van der Waals surface area contributed by atoms with Crippen molar-refractivity contribution in [2.24, 2.45) is 0 Å². The quantitative estimate of drug-likeness (QED) is 0.884. The summed E-state index contributed by atoms with van der Waals surface area (Å²) < 4.78 is 22.9. The van der Waals surface area contributed by atoms with E-state index in [-0.39, 0.29) is 5.75 Å². The summed E-state index contributed by atoms with van der Waals surface area (Å²) in [4.78, 5) is 0. The maximum atomic E-state index is 11.5. The molecule has 1 heterocycles. The Balaban J connectivity index is 2.09. The minimum Gasteiger partial charge on any atom is -0.378 e. The molecule has 1 N–H and O–H groups in total. The summed E-state index contributed by atoms with van der Waals surface area (Å²) in [7, 11) is -3.06. The average molecular weight is 325 g/mol. The van der Waals surface area contributed by atoms with Gasteiger partial charge in [-0.3, -0.25) is 0 Å². The summed E-state index contributed by atoms with van der Waals surface area (Å²) in [5.41, 5.74) is 1.60. The lowest BCUT2D eigenvalue weighted by Crippen LogP contribution is -2.06. The van der Waals surface area contributed by atoms with Crippen LogP contribution in [0.4, 0.5) is 5.69 Å². The molecule has 0 fully saturated rings. The van der Waals surface area contributed by atoms with Gasteiger partial charge in [-0.2, -0.15) is 0 Å². The minimum atomic E-state index is -3.06. The molecule has 5 nitrogen and oxygen atoms in total. The molecular formula is C14H19N3O2S2. The largest absolute Gasteiger partial charge is 0.378 e. The van der Waals surface area contributed by atoms with Crippen molar-refractivity contribution < 1.29 is 8.42 Å².